The summed E-state index contributed by atoms with van der Waals surface area (Å²) in [5, 5.41) is 8.90. The number of carbonyl (C=O) groups is 1. The number of hydrogen-bond donors (Lipinski definition) is 1. The molecule has 0 unspecified atom stereocenters. The van der Waals surface area contributed by atoms with Crippen LogP contribution in [0.2, 0.25) is 0 Å². The Morgan fingerprint density at radius 1 is 1.33 bits per heavy atom. The van der Waals surface area contributed by atoms with Crippen LogP contribution < -0.4 is 0 Å². The van der Waals surface area contributed by atoms with Gasteiger partial charge in [-0.15, -0.1) is 0 Å². The Balaban J connectivity index is 1.96. The van der Waals surface area contributed by atoms with Crippen LogP contribution in [0, 0.1) is 11.8 Å². The normalized spacial score (nSPS) is 16.8. The van der Waals surface area contributed by atoms with Gasteiger partial charge in [-0.3, -0.25) is 9.69 Å². The first-order valence-corrected chi connectivity index (χ1v) is 6.57. The molecule has 3 heteroatoms. The molecule has 1 aliphatic rings. The molecule has 0 aliphatic carbocycles. The predicted molar refractivity (Wildman–Crippen MR) is 71.4 cm³/mol. The van der Waals surface area contributed by atoms with Gasteiger partial charge in [-0.25, -0.2) is 0 Å². The zero-order chi connectivity index (χ0) is 13.1. The van der Waals surface area contributed by atoms with Gasteiger partial charge in [0.2, 0.25) is 0 Å². The van der Waals surface area contributed by atoms with Crippen LogP contribution in [0.15, 0.2) is 24.3 Å². The van der Waals surface area contributed by atoms with Gasteiger partial charge in [-0.1, -0.05) is 38.1 Å². The lowest BCUT2D eigenvalue weighted by Crippen LogP contribution is -2.48. The highest BCUT2D eigenvalue weighted by Gasteiger charge is 2.29. The molecule has 0 atom stereocenters. The van der Waals surface area contributed by atoms with E-state index < -0.39 is 5.97 Å². The van der Waals surface area contributed by atoms with E-state index >= 15 is 0 Å². The summed E-state index contributed by atoms with van der Waals surface area (Å²) in [5.41, 5.74) is 2.10. The average molecular weight is 247 g/mol. The molecule has 0 spiro atoms. The fraction of sp³-hybridized carbons (Fsp3) is 0.533. The first-order chi connectivity index (χ1) is 8.56. The van der Waals surface area contributed by atoms with Crippen LogP contribution in [-0.2, 0) is 17.8 Å². The molecule has 1 aromatic rings. The van der Waals surface area contributed by atoms with Gasteiger partial charge in [-0.2, -0.15) is 0 Å². The zero-order valence-corrected chi connectivity index (χ0v) is 11.1. The van der Waals surface area contributed by atoms with E-state index in [0.29, 0.717) is 0 Å². The minimum absolute atomic E-state index is 0.123. The quantitative estimate of drug-likeness (QED) is 0.868. The van der Waals surface area contributed by atoms with Crippen molar-refractivity contribution in [1.82, 2.24) is 4.90 Å². The molecule has 0 amide bonds. The highest BCUT2D eigenvalue weighted by molar-refractivity contribution is 5.70. The van der Waals surface area contributed by atoms with Crippen LogP contribution in [0.5, 0.6) is 0 Å². The number of carboxylic acid groups (broad SMARTS) is 1. The molecule has 1 aliphatic heterocycles. The Hall–Kier alpha value is -1.35. The number of rotatable bonds is 5. The van der Waals surface area contributed by atoms with Crippen LogP contribution in [0.4, 0.5) is 0 Å². The molecule has 0 saturated carbocycles. The number of nitrogens with zero attached hydrogens (tertiary/aromatic N) is 1. The second kappa shape index (κ2) is 5.53. The topological polar surface area (TPSA) is 40.5 Å². The van der Waals surface area contributed by atoms with Crippen LogP contribution in [-0.4, -0.2) is 29.1 Å². The Morgan fingerprint density at radius 2 is 1.94 bits per heavy atom. The highest BCUT2D eigenvalue weighted by atomic mass is 16.4. The second-order valence-electron chi connectivity index (χ2n) is 5.54. The molecule has 0 radical (unpaired) electrons. The van der Waals surface area contributed by atoms with Gasteiger partial charge < -0.3 is 5.11 Å². The highest BCUT2D eigenvalue weighted by Crippen LogP contribution is 2.25. The van der Waals surface area contributed by atoms with Gasteiger partial charge in [0.1, 0.15) is 0 Å². The van der Waals surface area contributed by atoms with E-state index in [-0.39, 0.29) is 6.42 Å². The van der Waals surface area contributed by atoms with Gasteiger partial charge >= 0.3 is 5.97 Å². The Kier molecular flexibility index (Phi) is 4.02. The van der Waals surface area contributed by atoms with E-state index in [2.05, 4.69) is 18.7 Å². The molecule has 1 N–H and O–H groups in total. The number of hydrogen-bond acceptors (Lipinski definition) is 2. The molecular weight excluding hydrogens is 226 g/mol. The number of carboxylic acids is 1. The van der Waals surface area contributed by atoms with Crippen LogP contribution in [0.3, 0.4) is 0 Å². The second-order valence-corrected chi connectivity index (χ2v) is 5.54. The molecule has 0 aromatic heterocycles. The van der Waals surface area contributed by atoms with Gasteiger partial charge in [0, 0.05) is 19.6 Å². The summed E-state index contributed by atoms with van der Waals surface area (Å²) >= 11 is 0. The number of likely N-dealkylation sites (tertiary alicyclic amines) is 1. The third-order valence-electron chi connectivity index (χ3n) is 3.78. The van der Waals surface area contributed by atoms with Gasteiger partial charge in [-0.05, 0) is 23.0 Å². The van der Waals surface area contributed by atoms with Crippen molar-refractivity contribution in [3.8, 4) is 0 Å². The van der Waals surface area contributed by atoms with Crippen molar-refractivity contribution in [3.63, 3.8) is 0 Å². The van der Waals surface area contributed by atoms with Crippen LogP contribution >= 0.6 is 0 Å². The number of aliphatic carboxylic acids is 1. The fourth-order valence-corrected chi connectivity index (χ4v) is 2.45. The maximum Gasteiger partial charge on any atom is 0.307 e. The van der Waals surface area contributed by atoms with Crippen molar-refractivity contribution in [2.45, 2.75) is 26.8 Å². The summed E-state index contributed by atoms with van der Waals surface area (Å²) in [6, 6.07) is 7.86. The summed E-state index contributed by atoms with van der Waals surface area (Å²) in [5.74, 6) is 0.790. The van der Waals surface area contributed by atoms with Crippen molar-refractivity contribution >= 4 is 5.97 Å². The SMILES string of the molecule is CC(C)C1CN(Cc2ccccc2CC(=O)O)C1. The molecule has 1 saturated heterocycles. The van der Waals surface area contributed by atoms with Crippen molar-refractivity contribution in [2.24, 2.45) is 11.8 Å². The molecule has 0 bridgehead atoms. The molecule has 1 fully saturated rings. The minimum Gasteiger partial charge on any atom is -0.481 e. The van der Waals surface area contributed by atoms with Gasteiger partial charge in [0.15, 0.2) is 0 Å². The van der Waals surface area contributed by atoms with Gasteiger partial charge in [0.05, 0.1) is 6.42 Å². The van der Waals surface area contributed by atoms with Crippen LogP contribution in [0.25, 0.3) is 0 Å². The Bertz CT molecular complexity index is 422. The zero-order valence-electron chi connectivity index (χ0n) is 11.1. The van der Waals surface area contributed by atoms with E-state index in [0.717, 1.165) is 42.6 Å². The maximum atomic E-state index is 10.8. The molecule has 1 aromatic carbocycles. The lowest BCUT2D eigenvalue weighted by Gasteiger charge is -2.42. The van der Waals surface area contributed by atoms with Crippen molar-refractivity contribution < 1.29 is 9.90 Å². The Labute approximate surface area is 108 Å². The van der Waals surface area contributed by atoms with E-state index in [1.54, 1.807) is 0 Å². The third-order valence-corrected chi connectivity index (χ3v) is 3.78. The fourth-order valence-electron chi connectivity index (χ4n) is 2.45. The average Bonchev–Trinajstić information content (AvgIpc) is 2.23. The lowest BCUT2D eigenvalue weighted by molar-refractivity contribution is -0.136. The first kappa shape index (κ1) is 13.1. The summed E-state index contributed by atoms with van der Waals surface area (Å²) < 4.78 is 0. The summed E-state index contributed by atoms with van der Waals surface area (Å²) in [6.07, 6.45) is 0.123. The van der Waals surface area contributed by atoms with Gasteiger partial charge in [0.25, 0.3) is 0 Å². The van der Waals surface area contributed by atoms with Crippen LogP contribution in [0.1, 0.15) is 25.0 Å². The molecule has 3 nitrogen and oxygen atoms in total. The first-order valence-electron chi connectivity index (χ1n) is 6.57. The lowest BCUT2D eigenvalue weighted by atomic mass is 9.88. The standard InChI is InChI=1S/C15H21NO2/c1-11(2)14-9-16(10-14)8-13-6-4-3-5-12(13)7-15(17)18/h3-6,11,14H,7-10H2,1-2H3,(H,17,18). The third kappa shape index (κ3) is 3.10. The predicted octanol–water partition coefficient (Wildman–Crippen LogP) is 2.40. The molecule has 2 rings (SSSR count). The molecule has 18 heavy (non-hydrogen) atoms. The van der Waals surface area contributed by atoms with Crippen molar-refractivity contribution in [1.29, 1.82) is 0 Å². The van der Waals surface area contributed by atoms with E-state index in [4.69, 9.17) is 5.11 Å². The maximum absolute atomic E-state index is 10.8. The summed E-state index contributed by atoms with van der Waals surface area (Å²) in [7, 11) is 0. The Morgan fingerprint density at radius 3 is 2.50 bits per heavy atom. The number of benzene rings is 1. The van der Waals surface area contributed by atoms with Crippen molar-refractivity contribution in [2.75, 3.05) is 13.1 Å². The minimum atomic E-state index is -0.758. The van der Waals surface area contributed by atoms with E-state index in [9.17, 15) is 4.79 Å². The monoisotopic (exact) mass is 247 g/mol. The van der Waals surface area contributed by atoms with Crippen molar-refractivity contribution in [3.05, 3.63) is 35.4 Å². The molecule has 1 heterocycles. The smallest absolute Gasteiger partial charge is 0.307 e. The van der Waals surface area contributed by atoms with E-state index in [1.807, 2.05) is 24.3 Å². The summed E-state index contributed by atoms with van der Waals surface area (Å²) in [4.78, 5) is 13.2. The largest absolute Gasteiger partial charge is 0.481 e. The summed E-state index contributed by atoms with van der Waals surface area (Å²) in [6.45, 7) is 7.69. The van der Waals surface area contributed by atoms with E-state index in [1.165, 1.54) is 0 Å². The molecular formula is C15H21NO2. The molecule has 98 valence electrons.